The van der Waals surface area contributed by atoms with Crippen LogP contribution >= 0.6 is 0 Å². The Bertz CT molecular complexity index is 150. The van der Waals surface area contributed by atoms with Gasteiger partial charge in [-0.25, -0.2) is 0 Å². The van der Waals surface area contributed by atoms with E-state index in [1.807, 2.05) is 0 Å². The van der Waals surface area contributed by atoms with Crippen LogP contribution < -0.4 is 5.32 Å². The first-order valence-corrected chi connectivity index (χ1v) is 5.28. The number of rotatable bonds is 5. The summed E-state index contributed by atoms with van der Waals surface area (Å²) in [6.07, 6.45) is 4.81. The Morgan fingerprint density at radius 1 is 1.54 bits per heavy atom. The average Bonchev–Trinajstić information content (AvgIpc) is 2.19. The van der Waals surface area contributed by atoms with Gasteiger partial charge in [-0.3, -0.25) is 4.90 Å². The van der Waals surface area contributed by atoms with Gasteiger partial charge in [0.25, 0.3) is 0 Å². The second-order valence-corrected chi connectivity index (χ2v) is 3.65. The van der Waals surface area contributed by atoms with Gasteiger partial charge in [-0.15, -0.1) is 0 Å². The van der Waals surface area contributed by atoms with Gasteiger partial charge < -0.3 is 10.1 Å². The first kappa shape index (κ1) is 10.7. The molecule has 1 fully saturated rings. The van der Waals surface area contributed by atoms with Gasteiger partial charge >= 0.3 is 0 Å². The van der Waals surface area contributed by atoms with E-state index in [2.05, 4.69) is 17.1 Å². The molecule has 0 aromatic heterocycles. The van der Waals surface area contributed by atoms with Crippen molar-refractivity contribution in [1.29, 1.82) is 0 Å². The summed E-state index contributed by atoms with van der Waals surface area (Å²) in [6, 6.07) is 0.116. The molecule has 1 saturated heterocycles. The molecule has 0 bridgehead atoms. The van der Waals surface area contributed by atoms with Crippen molar-refractivity contribution >= 4 is 6.29 Å². The van der Waals surface area contributed by atoms with Crippen LogP contribution in [0.3, 0.4) is 0 Å². The summed E-state index contributed by atoms with van der Waals surface area (Å²) in [5, 5.41) is 3.23. The summed E-state index contributed by atoms with van der Waals surface area (Å²) in [5.74, 6) is 0. The van der Waals surface area contributed by atoms with Crippen LogP contribution in [-0.2, 0) is 4.79 Å². The molecule has 1 rings (SSSR count). The lowest BCUT2D eigenvalue weighted by Crippen LogP contribution is -2.52. The summed E-state index contributed by atoms with van der Waals surface area (Å²) in [5.41, 5.74) is 0. The third-order valence-corrected chi connectivity index (χ3v) is 2.60. The van der Waals surface area contributed by atoms with Crippen molar-refractivity contribution in [3.05, 3.63) is 0 Å². The molecule has 1 aliphatic heterocycles. The Balaban J connectivity index is 2.23. The van der Waals surface area contributed by atoms with Crippen LogP contribution in [0.5, 0.6) is 0 Å². The van der Waals surface area contributed by atoms with Gasteiger partial charge in [0, 0.05) is 19.6 Å². The zero-order valence-electron chi connectivity index (χ0n) is 8.46. The average molecular weight is 184 g/mol. The third kappa shape index (κ3) is 3.44. The minimum atomic E-state index is 0.116. The molecule has 0 aromatic carbocycles. The molecule has 0 saturated carbocycles. The fourth-order valence-corrected chi connectivity index (χ4v) is 1.74. The first-order valence-electron chi connectivity index (χ1n) is 5.28. The van der Waals surface area contributed by atoms with E-state index in [9.17, 15) is 4.79 Å². The van der Waals surface area contributed by atoms with Crippen LogP contribution in [0.15, 0.2) is 0 Å². The Hall–Kier alpha value is -0.410. The smallest absolute Gasteiger partial charge is 0.138 e. The van der Waals surface area contributed by atoms with E-state index in [1.165, 1.54) is 19.3 Å². The van der Waals surface area contributed by atoms with Crippen molar-refractivity contribution in [2.75, 3.05) is 26.2 Å². The van der Waals surface area contributed by atoms with Gasteiger partial charge in [0.05, 0.1) is 6.04 Å². The van der Waals surface area contributed by atoms with E-state index in [0.717, 1.165) is 32.5 Å². The molecule has 13 heavy (non-hydrogen) atoms. The monoisotopic (exact) mass is 184 g/mol. The van der Waals surface area contributed by atoms with Crippen LogP contribution in [0, 0.1) is 0 Å². The van der Waals surface area contributed by atoms with Crippen molar-refractivity contribution in [2.45, 2.75) is 32.2 Å². The number of hydrogen-bond donors (Lipinski definition) is 1. The Kier molecular flexibility index (Phi) is 5.01. The highest BCUT2D eigenvalue weighted by Crippen LogP contribution is 2.04. The van der Waals surface area contributed by atoms with Crippen LogP contribution in [0.25, 0.3) is 0 Å². The minimum absolute atomic E-state index is 0.116. The second-order valence-electron chi connectivity index (χ2n) is 3.65. The van der Waals surface area contributed by atoms with Gasteiger partial charge in [-0.2, -0.15) is 0 Å². The summed E-state index contributed by atoms with van der Waals surface area (Å²) in [7, 11) is 0. The summed E-state index contributed by atoms with van der Waals surface area (Å²) < 4.78 is 0. The lowest BCUT2D eigenvalue weighted by atomic mass is 10.2. The normalized spacial score (nSPS) is 24.5. The summed E-state index contributed by atoms with van der Waals surface area (Å²) >= 11 is 0. The van der Waals surface area contributed by atoms with E-state index in [0.29, 0.717) is 0 Å². The highest BCUT2D eigenvalue weighted by Gasteiger charge is 2.20. The quantitative estimate of drug-likeness (QED) is 0.503. The summed E-state index contributed by atoms with van der Waals surface area (Å²) in [4.78, 5) is 13.0. The van der Waals surface area contributed by atoms with Gasteiger partial charge in [-0.1, -0.05) is 19.8 Å². The number of nitrogens with zero attached hydrogens (tertiary/aromatic N) is 1. The molecule has 0 aromatic rings. The van der Waals surface area contributed by atoms with E-state index in [4.69, 9.17) is 0 Å². The van der Waals surface area contributed by atoms with Crippen molar-refractivity contribution < 1.29 is 4.79 Å². The number of piperazine rings is 1. The fourth-order valence-electron chi connectivity index (χ4n) is 1.74. The molecule has 3 heteroatoms. The number of nitrogens with one attached hydrogen (secondary N) is 1. The molecule has 76 valence electrons. The van der Waals surface area contributed by atoms with Crippen molar-refractivity contribution in [1.82, 2.24) is 10.2 Å². The predicted molar refractivity (Wildman–Crippen MR) is 53.8 cm³/mol. The molecule has 0 amide bonds. The highest BCUT2D eigenvalue weighted by atomic mass is 16.1. The number of aldehydes is 1. The van der Waals surface area contributed by atoms with Gasteiger partial charge in [0.15, 0.2) is 0 Å². The Labute approximate surface area is 80.5 Å². The number of carbonyl (C=O) groups excluding carboxylic acids is 1. The Morgan fingerprint density at radius 3 is 3.08 bits per heavy atom. The van der Waals surface area contributed by atoms with E-state index in [-0.39, 0.29) is 6.04 Å². The molecule has 0 spiro atoms. The van der Waals surface area contributed by atoms with E-state index < -0.39 is 0 Å². The number of unbranched alkanes of at least 4 members (excludes halogenated alkanes) is 2. The second kappa shape index (κ2) is 6.11. The maximum atomic E-state index is 10.7. The zero-order chi connectivity index (χ0) is 9.52. The molecule has 0 radical (unpaired) electrons. The zero-order valence-corrected chi connectivity index (χ0v) is 8.46. The lowest BCUT2D eigenvalue weighted by molar-refractivity contribution is -0.113. The topological polar surface area (TPSA) is 32.3 Å². The van der Waals surface area contributed by atoms with Crippen LogP contribution in [0.2, 0.25) is 0 Å². The molecule has 1 N–H and O–H groups in total. The molecule has 1 atom stereocenters. The highest BCUT2D eigenvalue weighted by molar-refractivity contribution is 5.58. The van der Waals surface area contributed by atoms with Crippen molar-refractivity contribution in [3.63, 3.8) is 0 Å². The standard InChI is InChI=1S/C10H20N2O/c1-2-3-4-6-12-7-5-11-8-10(12)9-13/h9-11H,2-8H2,1H3. The molecule has 0 aliphatic carbocycles. The lowest BCUT2D eigenvalue weighted by Gasteiger charge is -2.32. The van der Waals surface area contributed by atoms with Crippen molar-refractivity contribution in [2.24, 2.45) is 0 Å². The molecular formula is C10H20N2O. The number of hydrogen-bond acceptors (Lipinski definition) is 3. The van der Waals surface area contributed by atoms with Crippen LogP contribution in [0.4, 0.5) is 0 Å². The van der Waals surface area contributed by atoms with Gasteiger partial charge in [0.1, 0.15) is 6.29 Å². The predicted octanol–water partition coefficient (Wildman–Crippen LogP) is 0.649. The van der Waals surface area contributed by atoms with Gasteiger partial charge in [0.2, 0.25) is 0 Å². The third-order valence-electron chi connectivity index (χ3n) is 2.60. The maximum Gasteiger partial charge on any atom is 0.138 e. The first-order chi connectivity index (χ1) is 6.38. The molecule has 3 nitrogen and oxygen atoms in total. The SMILES string of the molecule is CCCCCN1CCNCC1C=O. The maximum absolute atomic E-state index is 10.7. The van der Waals surface area contributed by atoms with E-state index in [1.54, 1.807) is 0 Å². The fraction of sp³-hybridized carbons (Fsp3) is 0.900. The largest absolute Gasteiger partial charge is 0.313 e. The molecule has 1 unspecified atom stereocenters. The number of carbonyl (C=O) groups is 1. The molecular weight excluding hydrogens is 164 g/mol. The van der Waals surface area contributed by atoms with Crippen LogP contribution in [0.1, 0.15) is 26.2 Å². The minimum Gasteiger partial charge on any atom is -0.313 e. The Morgan fingerprint density at radius 2 is 2.38 bits per heavy atom. The van der Waals surface area contributed by atoms with Crippen LogP contribution in [-0.4, -0.2) is 43.4 Å². The molecule has 1 aliphatic rings. The van der Waals surface area contributed by atoms with Gasteiger partial charge in [-0.05, 0) is 13.0 Å². The van der Waals surface area contributed by atoms with Crippen molar-refractivity contribution in [3.8, 4) is 0 Å². The van der Waals surface area contributed by atoms with E-state index >= 15 is 0 Å². The summed E-state index contributed by atoms with van der Waals surface area (Å²) in [6.45, 7) is 6.16. The molecule has 1 heterocycles.